The van der Waals surface area contributed by atoms with Crippen LogP contribution in [0.15, 0.2) is 30.6 Å². The van der Waals surface area contributed by atoms with E-state index in [-0.39, 0.29) is 17.4 Å². The Bertz CT molecular complexity index is 1470. The Morgan fingerprint density at radius 2 is 2.05 bits per heavy atom. The summed E-state index contributed by atoms with van der Waals surface area (Å²) in [6.45, 7) is 9.31. The lowest BCUT2D eigenvalue weighted by atomic mass is 9.91. The van der Waals surface area contributed by atoms with Crippen molar-refractivity contribution in [1.29, 1.82) is 0 Å². The maximum atomic E-state index is 11.3. The highest BCUT2D eigenvalue weighted by Crippen LogP contribution is 2.36. The molecule has 2 N–H and O–H groups in total. The third kappa shape index (κ3) is 5.09. The molecule has 0 bridgehead atoms. The number of nitrogens with one attached hydrogen (secondary N) is 2. The highest BCUT2D eigenvalue weighted by atomic mass is 35.5. The Kier molecular flexibility index (Phi) is 6.50. The van der Waals surface area contributed by atoms with Gasteiger partial charge in [0.15, 0.2) is 17.2 Å². The molecule has 12 heteroatoms. The zero-order valence-electron chi connectivity index (χ0n) is 21.4. The van der Waals surface area contributed by atoms with Crippen LogP contribution >= 0.6 is 11.6 Å². The van der Waals surface area contributed by atoms with Crippen molar-refractivity contribution >= 4 is 46.3 Å². The number of nitrogens with zero attached hydrogens (tertiary/aromatic N) is 6. The van der Waals surface area contributed by atoms with E-state index < -0.39 is 0 Å². The Morgan fingerprint density at radius 3 is 2.76 bits per heavy atom. The maximum absolute atomic E-state index is 11.3. The molecule has 1 atom stereocenters. The fourth-order valence-corrected chi connectivity index (χ4v) is 4.57. The lowest BCUT2D eigenvalue weighted by Crippen LogP contribution is -2.22. The molecule has 1 saturated heterocycles. The summed E-state index contributed by atoms with van der Waals surface area (Å²) in [5, 5.41) is 11.2. The minimum Gasteiger partial charge on any atom is -0.454 e. The number of halogens is 1. The van der Waals surface area contributed by atoms with Crippen LogP contribution in [0.1, 0.15) is 45.9 Å². The van der Waals surface area contributed by atoms with Gasteiger partial charge >= 0.3 is 0 Å². The summed E-state index contributed by atoms with van der Waals surface area (Å²) in [6, 6.07) is 5.54. The summed E-state index contributed by atoms with van der Waals surface area (Å²) >= 11 is 6.74. The highest BCUT2D eigenvalue weighted by molar-refractivity contribution is 6.36. The Balaban J connectivity index is 1.44. The van der Waals surface area contributed by atoms with Crippen LogP contribution in [0.4, 0.5) is 17.6 Å². The number of fused-ring (bicyclic) bond motifs is 1. The molecule has 0 aliphatic carbocycles. The molecule has 5 rings (SSSR count). The quantitative estimate of drug-likeness (QED) is 0.363. The van der Waals surface area contributed by atoms with Crippen molar-refractivity contribution in [1.82, 2.24) is 29.3 Å². The van der Waals surface area contributed by atoms with Gasteiger partial charge < -0.3 is 24.7 Å². The Labute approximate surface area is 219 Å². The minimum absolute atomic E-state index is 0.0915. The van der Waals surface area contributed by atoms with Crippen molar-refractivity contribution in [3.8, 4) is 11.5 Å². The van der Waals surface area contributed by atoms with E-state index in [0.717, 1.165) is 18.7 Å². The van der Waals surface area contributed by atoms with Crippen molar-refractivity contribution in [3.05, 3.63) is 41.3 Å². The molecule has 37 heavy (non-hydrogen) atoms. The van der Waals surface area contributed by atoms with Crippen LogP contribution in [0.2, 0.25) is 5.02 Å². The number of aromatic nitrogens is 6. The molecule has 0 radical (unpaired) electrons. The number of carbonyl (C=O) groups is 1. The maximum Gasteiger partial charge on any atom is 0.222 e. The van der Waals surface area contributed by atoms with Gasteiger partial charge in [0.25, 0.3) is 0 Å². The van der Waals surface area contributed by atoms with Gasteiger partial charge in [-0.2, -0.15) is 10.1 Å². The molecule has 1 amide bonds. The third-order valence-electron chi connectivity index (χ3n) is 6.06. The first-order valence-corrected chi connectivity index (χ1v) is 12.3. The van der Waals surface area contributed by atoms with Crippen molar-refractivity contribution in [3.63, 3.8) is 0 Å². The molecule has 0 aromatic carbocycles. The number of imidazole rings is 1. The van der Waals surface area contributed by atoms with Crippen LogP contribution in [0.25, 0.3) is 11.2 Å². The van der Waals surface area contributed by atoms with Crippen molar-refractivity contribution in [2.45, 2.75) is 45.6 Å². The van der Waals surface area contributed by atoms with Crippen LogP contribution in [0.3, 0.4) is 0 Å². The van der Waals surface area contributed by atoms with Crippen LogP contribution in [-0.2, 0) is 22.0 Å². The first-order chi connectivity index (χ1) is 17.6. The van der Waals surface area contributed by atoms with Gasteiger partial charge in [-0.1, -0.05) is 32.4 Å². The Hall–Kier alpha value is -3.70. The van der Waals surface area contributed by atoms with Crippen LogP contribution in [0, 0.1) is 0 Å². The summed E-state index contributed by atoms with van der Waals surface area (Å²) in [6.07, 6.45) is 3.99. The summed E-state index contributed by atoms with van der Waals surface area (Å²) in [5.41, 5.74) is 2.10. The number of carbonyl (C=O) groups excluding carboxylic acids is 1. The second-order valence-electron chi connectivity index (χ2n) is 10.0. The molecule has 194 valence electrons. The molecule has 1 aliphatic rings. The van der Waals surface area contributed by atoms with E-state index in [1.54, 1.807) is 12.1 Å². The van der Waals surface area contributed by atoms with Gasteiger partial charge in [0, 0.05) is 50.0 Å². The predicted octanol–water partition coefficient (Wildman–Crippen LogP) is 4.97. The number of amides is 1. The van der Waals surface area contributed by atoms with Gasteiger partial charge in [-0.25, -0.2) is 9.97 Å². The zero-order valence-corrected chi connectivity index (χ0v) is 22.1. The van der Waals surface area contributed by atoms with Crippen molar-refractivity contribution in [2.75, 3.05) is 23.8 Å². The summed E-state index contributed by atoms with van der Waals surface area (Å²) in [5.74, 6) is 2.19. The van der Waals surface area contributed by atoms with Gasteiger partial charge in [0.1, 0.15) is 22.1 Å². The lowest BCUT2D eigenvalue weighted by molar-refractivity contribution is -0.114. The molecular weight excluding hydrogens is 496 g/mol. The van der Waals surface area contributed by atoms with Crippen LogP contribution < -0.4 is 15.4 Å². The highest BCUT2D eigenvalue weighted by Gasteiger charge is 2.28. The molecule has 0 spiro atoms. The van der Waals surface area contributed by atoms with Gasteiger partial charge in [-0.3, -0.25) is 9.48 Å². The minimum atomic E-state index is -0.225. The van der Waals surface area contributed by atoms with E-state index in [9.17, 15) is 4.79 Å². The predicted molar refractivity (Wildman–Crippen MR) is 141 cm³/mol. The smallest absolute Gasteiger partial charge is 0.222 e. The molecule has 0 saturated carbocycles. The molecule has 4 aromatic rings. The van der Waals surface area contributed by atoms with E-state index in [2.05, 4.69) is 57.1 Å². The average Bonchev–Trinajstić information content (AvgIpc) is 3.55. The number of pyridine rings is 2. The summed E-state index contributed by atoms with van der Waals surface area (Å²) in [7, 11) is 1.85. The largest absolute Gasteiger partial charge is 0.454 e. The first-order valence-electron chi connectivity index (χ1n) is 12.0. The molecule has 5 heterocycles. The topological polar surface area (TPSA) is 121 Å². The SMILES string of the molecule is CC(=O)Nc1cc(Oc2cnc3nc(Nc4cc(C(C)(C)C)n([C@@H]5CCOC5)n4)n(C)c3c2Cl)ccn1. The normalized spacial score (nSPS) is 15.8. The number of hydrogen-bond donors (Lipinski definition) is 2. The number of hydrogen-bond acceptors (Lipinski definition) is 8. The standard InChI is InChI=1S/C25H29ClN8O3/c1-14(35)29-19-10-16(6-8-27-19)37-17-12-28-23-22(21(17)26)33(5)24(31-23)30-20-11-18(25(2,3)4)34(32-20)15-7-9-36-13-15/h6,8,10-12,15H,7,9,13H2,1-5H3,(H,27,29,35)(H,28,30,31,32)/t15-/m1/s1. The van der Waals surface area contributed by atoms with E-state index in [4.69, 9.17) is 26.2 Å². The van der Waals surface area contributed by atoms with Gasteiger partial charge in [-0.05, 0) is 12.5 Å². The van der Waals surface area contributed by atoms with E-state index in [0.29, 0.717) is 51.9 Å². The monoisotopic (exact) mass is 524 g/mol. The van der Waals surface area contributed by atoms with E-state index in [1.165, 1.54) is 19.3 Å². The average molecular weight is 525 g/mol. The van der Waals surface area contributed by atoms with E-state index >= 15 is 0 Å². The summed E-state index contributed by atoms with van der Waals surface area (Å²) in [4.78, 5) is 24.5. The third-order valence-corrected chi connectivity index (χ3v) is 6.43. The molecule has 0 unspecified atom stereocenters. The van der Waals surface area contributed by atoms with Crippen molar-refractivity contribution in [2.24, 2.45) is 7.05 Å². The van der Waals surface area contributed by atoms with Crippen molar-refractivity contribution < 1.29 is 14.3 Å². The number of anilines is 3. The molecule has 4 aromatic heterocycles. The second kappa shape index (κ2) is 9.64. The zero-order chi connectivity index (χ0) is 26.3. The fourth-order valence-electron chi connectivity index (χ4n) is 4.27. The first kappa shape index (κ1) is 25.0. The van der Waals surface area contributed by atoms with Gasteiger partial charge in [0.2, 0.25) is 11.9 Å². The van der Waals surface area contributed by atoms with E-state index in [1.807, 2.05) is 11.6 Å². The molecule has 11 nitrogen and oxygen atoms in total. The summed E-state index contributed by atoms with van der Waals surface area (Å²) < 4.78 is 15.5. The molecule has 1 aliphatic heterocycles. The van der Waals surface area contributed by atoms with Crippen LogP contribution in [-0.4, -0.2) is 48.4 Å². The number of aryl methyl sites for hydroxylation is 1. The van der Waals surface area contributed by atoms with Gasteiger partial charge in [0.05, 0.1) is 18.8 Å². The Morgan fingerprint density at radius 1 is 1.24 bits per heavy atom. The number of rotatable bonds is 6. The molecular formula is C25H29ClN8O3. The lowest BCUT2D eigenvalue weighted by Gasteiger charge is -2.22. The van der Waals surface area contributed by atoms with Gasteiger partial charge in [-0.15, -0.1) is 0 Å². The number of ether oxygens (including phenoxy) is 2. The second-order valence-corrected chi connectivity index (χ2v) is 10.4. The molecule has 1 fully saturated rings. The van der Waals surface area contributed by atoms with Crippen LogP contribution in [0.5, 0.6) is 11.5 Å². The fraction of sp³-hybridized carbons (Fsp3) is 0.400.